The Kier molecular flexibility index (Phi) is 6.21. The van der Waals surface area contributed by atoms with Crippen LogP contribution >= 0.6 is 24.0 Å². The molecule has 164 valence electrons. The molecule has 0 N–H and O–H groups in total. The Labute approximate surface area is 192 Å². The van der Waals surface area contributed by atoms with Crippen LogP contribution in [0.4, 0.5) is 5.82 Å². The highest BCUT2D eigenvalue weighted by molar-refractivity contribution is 8.26. The Morgan fingerprint density at radius 1 is 1.29 bits per heavy atom. The Morgan fingerprint density at radius 3 is 2.68 bits per heavy atom. The lowest BCUT2D eigenvalue weighted by Crippen LogP contribution is -2.36. The van der Waals surface area contributed by atoms with Crippen molar-refractivity contribution in [3.8, 4) is 0 Å². The number of hydrogen-bond donors (Lipinski definition) is 0. The van der Waals surface area contributed by atoms with Gasteiger partial charge in [-0.25, -0.2) is 4.98 Å². The van der Waals surface area contributed by atoms with E-state index < -0.39 is 0 Å². The standard InChI is InChI=1S/C23H28N4O2S2/c1-5-16(4)27-22(29)18(31-23(27)30)12-17-20(25-10-8-14(2)9-11-25)24-19-7-6-15(3)13-26(19)21(17)28/h6-7,12-14,16H,5,8-11H2,1-4H3/b18-12-/t16-/m0/s1. The van der Waals surface area contributed by atoms with E-state index in [-0.39, 0.29) is 17.5 Å². The van der Waals surface area contributed by atoms with Crippen LogP contribution < -0.4 is 10.5 Å². The molecule has 2 saturated heterocycles. The van der Waals surface area contributed by atoms with Crippen molar-refractivity contribution in [1.29, 1.82) is 0 Å². The molecular weight excluding hydrogens is 428 g/mol. The van der Waals surface area contributed by atoms with Crippen molar-refractivity contribution in [3.63, 3.8) is 0 Å². The van der Waals surface area contributed by atoms with Gasteiger partial charge in [0.15, 0.2) is 0 Å². The van der Waals surface area contributed by atoms with Crippen LogP contribution in [0.15, 0.2) is 28.0 Å². The van der Waals surface area contributed by atoms with E-state index in [0.29, 0.717) is 32.2 Å². The Bertz CT molecular complexity index is 1130. The van der Waals surface area contributed by atoms with Gasteiger partial charge < -0.3 is 4.90 Å². The van der Waals surface area contributed by atoms with Gasteiger partial charge in [0, 0.05) is 25.3 Å². The zero-order chi connectivity index (χ0) is 22.3. The Morgan fingerprint density at radius 2 is 2.00 bits per heavy atom. The SMILES string of the molecule is CC[C@H](C)N1C(=O)/C(=C/c2c(N3CCC(C)CC3)nc3ccc(C)cn3c2=O)SC1=S. The van der Waals surface area contributed by atoms with E-state index in [1.165, 1.54) is 11.8 Å². The molecule has 0 radical (unpaired) electrons. The Hall–Kier alpha value is -2.19. The molecule has 4 heterocycles. The van der Waals surface area contributed by atoms with Gasteiger partial charge in [0.05, 0.1) is 10.5 Å². The molecule has 0 saturated carbocycles. The van der Waals surface area contributed by atoms with Gasteiger partial charge in [-0.1, -0.05) is 43.9 Å². The molecule has 2 aromatic heterocycles. The summed E-state index contributed by atoms with van der Waals surface area (Å²) in [6, 6.07) is 3.86. The molecule has 8 heteroatoms. The maximum absolute atomic E-state index is 13.5. The van der Waals surface area contributed by atoms with Gasteiger partial charge in [-0.2, -0.15) is 0 Å². The topological polar surface area (TPSA) is 57.9 Å². The average Bonchev–Trinajstić information content (AvgIpc) is 3.03. The first-order valence-corrected chi connectivity index (χ1v) is 12.1. The van der Waals surface area contributed by atoms with Crippen molar-refractivity contribution in [2.75, 3.05) is 18.0 Å². The van der Waals surface area contributed by atoms with Crippen LogP contribution in [0, 0.1) is 12.8 Å². The zero-order valence-corrected chi connectivity index (χ0v) is 20.1. The van der Waals surface area contributed by atoms with Crippen molar-refractivity contribution in [2.45, 2.75) is 53.0 Å². The molecule has 2 aliphatic heterocycles. The summed E-state index contributed by atoms with van der Waals surface area (Å²) < 4.78 is 2.12. The maximum atomic E-state index is 13.5. The number of rotatable bonds is 4. The number of amides is 1. The number of pyridine rings is 1. The van der Waals surface area contributed by atoms with Gasteiger partial charge in [0.25, 0.3) is 11.5 Å². The van der Waals surface area contributed by atoms with Crippen molar-refractivity contribution < 1.29 is 4.79 Å². The predicted octanol–water partition coefficient (Wildman–Crippen LogP) is 4.24. The third-order valence-electron chi connectivity index (χ3n) is 6.20. The number of thiocarbonyl (C=S) groups is 1. The van der Waals surface area contributed by atoms with Gasteiger partial charge in [0.1, 0.15) is 15.8 Å². The number of aromatic nitrogens is 2. The average molecular weight is 457 g/mol. The number of thioether (sulfide) groups is 1. The van der Waals surface area contributed by atoms with E-state index in [9.17, 15) is 9.59 Å². The van der Waals surface area contributed by atoms with Crippen LogP contribution in [0.1, 0.15) is 51.2 Å². The molecule has 0 aromatic carbocycles. The number of anilines is 1. The van der Waals surface area contributed by atoms with E-state index in [4.69, 9.17) is 17.2 Å². The van der Waals surface area contributed by atoms with Crippen molar-refractivity contribution in [2.24, 2.45) is 5.92 Å². The van der Waals surface area contributed by atoms with Crippen molar-refractivity contribution in [1.82, 2.24) is 14.3 Å². The lowest BCUT2D eigenvalue weighted by atomic mass is 9.99. The molecule has 2 aromatic rings. The minimum Gasteiger partial charge on any atom is -0.356 e. The van der Waals surface area contributed by atoms with E-state index in [1.54, 1.807) is 21.6 Å². The monoisotopic (exact) mass is 456 g/mol. The molecule has 1 amide bonds. The molecule has 2 fully saturated rings. The fraction of sp³-hybridized carbons (Fsp3) is 0.478. The zero-order valence-electron chi connectivity index (χ0n) is 18.4. The van der Waals surface area contributed by atoms with Crippen LogP contribution in [0.2, 0.25) is 0 Å². The normalized spacial score (nSPS) is 20.3. The molecule has 4 rings (SSSR count). The first kappa shape index (κ1) is 22.0. The number of aryl methyl sites for hydroxylation is 1. The van der Waals surface area contributed by atoms with E-state index in [2.05, 4.69) is 11.8 Å². The quantitative estimate of drug-likeness (QED) is 0.507. The molecule has 0 bridgehead atoms. The number of hydrogen-bond acceptors (Lipinski definition) is 6. The fourth-order valence-electron chi connectivity index (χ4n) is 4.01. The molecular formula is C23H28N4O2S2. The lowest BCUT2D eigenvalue weighted by Gasteiger charge is -2.32. The van der Waals surface area contributed by atoms with Crippen molar-refractivity contribution in [3.05, 3.63) is 44.7 Å². The molecule has 1 atom stereocenters. The number of nitrogens with zero attached hydrogens (tertiary/aromatic N) is 4. The highest BCUT2D eigenvalue weighted by Gasteiger charge is 2.35. The third kappa shape index (κ3) is 4.15. The van der Waals surface area contributed by atoms with E-state index in [1.807, 2.05) is 32.9 Å². The lowest BCUT2D eigenvalue weighted by molar-refractivity contribution is -0.123. The summed E-state index contributed by atoms with van der Waals surface area (Å²) in [7, 11) is 0. The van der Waals surface area contributed by atoms with Gasteiger partial charge in [-0.15, -0.1) is 0 Å². The second-order valence-corrected chi connectivity index (χ2v) is 10.2. The smallest absolute Gasteiger partial charge is 0.267 e. The summed E-state index contributed by atoms with van der Waals surface area (Å²) in [5.74, 6) is 1.20. The first-order chi connectivity index (χ1) is 14.8. The minimum atomic E-state index is -0.156. The summed E-state index contributed by atoms with van der Waals surface area (Å²) >= 11 is 6.74. The molecule has 31 heavy (non-hydrogen) atoms. The maximum Gasteiger partial charge on any atom is 0.267 e. The number of piperidine rings is 1. The minimum absolute atomic E-state index is 0.0277. The molecule has 2 aliphatic rings. The van der Waals surface area contributed by atoms with Gasteiger partial charge in [0.2, 0.25) is 0 Å². The summed E-state index contributed by atoms with van der Waals surface area (Å²) in [6.07, 6.45) is 6.44. The fourth-order valence-corrected chi connectivity index (χ4v) is 5.45. The molecule has 0 aliphatic carbocycles. The summed E-state index contributed by atoms with van der Waals surface area (Å²) in [5.41, 5.74) is 1.90. The van der Waals surface area contributed by atoms with Gasteiger partial charge in [-0.05, 0) is 56.7 Å². The number of carbonyl (C=O) groups is 1. The molecule has 0 spiro atoms. The number of fused-ring (bicyclic) bond motifs is 1. The van der Waals surface area contributed by atoms with Crippen LogP contribution in [-0.4, -0.2) is 43.6 Å². The van der Waals surface area contributed by atoms with E-state index >= 15 is 0 Å². The van der Waals surface area contributed by atoms with Crippen LogP contribution in [0.5, 0.6) is 0 Å². The third-order valence-corrected chi connectivity index (χ3v) is 7.53. The summed E-state index contributed by atoms with van der Waals surface area (Å²) in [5, 5.41) is 0. The van der Waals surface area contributed by atoms with Crippen LogP contribution in [0.25, 0.3) is 11.7 Å². The second kappa shape index (κ2) is 8.74. The molecule has 6 nitrogen and oxygen atoms in total. The Balaban J connectivity index is 1.86. The largest absolute Gasteiger partial charge is 0.356 e. The molecule has 0 unspecified atom stereocenters. The summed E-state index contributed by atoms with van der Waals surface area (Å²) in [4.78, 5) is 35.8. The highest BCUT2D eigenvalue weighted by Crippen LogP contribution is 2.35. The van der Waals surface area contributed by atoms with Gasteiger partial charge >= 0.3 is 0 Å². The number of carbonyl (C=O) groups excluding carboxylic acids is 1. The van der Waals surface area contributed by atoms with E-state index in [0.717, 1.165) is 37.9 Å². The van der Waals surface area contributed by atoms with Gasteiger partial charge in [-0.3, -0.25) is 18.9 Å². The van der Waals surface area contributed by atoms with Crippen molar-refractivity contribution >= 4 is 51.7 Å². The van der Waals surface area contributed by atoms with Crippen LogP contribution in [0.3, 0.4) is 0 Å². The predicted molar refractivity (Wildman–Crippen MR) is 132 cm³/mol. The first-order valence-electron chi connectivity index (χ1n) is 10.8. The summed E-state index contributed by atoms with van der Waals surface area (Å²) in [6.45, 7) is 9.93. The second-order valence-electron chi connectivity index (χ2n) is 8.57. The highest BCUT2D eigenvalue weighted by atomic mass is 32.2. The van der Waals surface area contributed by atoms with Crippen LogP contribution in [-0.2, 0) is 4.79 Å².